The minimum atomic E-state index is -0.616. The molecule has 0 aliphatic heterocycles. The number of hydrogen-bond donors (Lipinski definition) is 0. The molecule has 1 atom stereocenters. The number of halogens is 2. The average molecular weight is 413 g/mol. The van der Waals surface area contributed by atoms with Crippen LogP contribution in [0.15, 0.2) is 59.2 Å². The third-order valence-electron chi connectivity index (χ3n) is 5.15. The Kier molecular flexibility index (Phi) is 6.95. The molecule has 0 aliphatic carbocycles. The van der Waals surface area contributed by atoms with Crippen molar-refractivity contribution < 1.29 is 18.0 Å². The SMILES string of the molecule is CCN(C)C(=O)c1coc(CN(Cc2ccc(F)cc2F)[C@@H](C)c2ccccc2)n1. The van der Waals surface area contributed by atoms with Crippen LogP contribution in [0.2, 0.25) is 0 Å². The second-order valence-electron chi connectivity index (χ2n) is 7.17. The summed E-state index contributed by atoms with van der Waals surface area (Å²) in [5.74, 6) is -1.09. The van der Waals surface area contributed by atoms with Crippen LogP contribution in [0.4, 0.5) is 8.78 Å². The zero-order valence-corrected chi connectivity index (χ0v) is 17.3. The fourth-order valence-corrected chi connectivity index (χ4v) is 3.14. The second kappa shape index (κ2) is 9.63. The van der Waals surface area contributed by atoms with Crippen LogP contribution >= 0.6 is 0 Å². The first kappa shape index (κ1) is 21.6. The lowest BCUT2D eigenvalue weighted by Crippen LogP contribution is -2.28. The van der Waals surface area contributed by atoms with E-state index in [0.717, 1.165) is 11.6 Å². The van der Waals surface area contributed by atoms with Crippen LogP contribution in [0.5, 0.6) is 0 Å². The normalized spacial score (nSPS) is 12.2. The first-order valence-electron chi connectivity index (χ1n) is 9.81. The van der Waals surface area contributed by atoms with Crippen LogP contribution < -0.4 is 0 Å². The monoisotopic (exact) mass is 413 g/mol. The number of nitrogens with zero attached hydrogens (tertiary/aromatic N) is 3. The molecule has 0 fully saturated rings. The number of oxazole rings is 1. The Balaban J connectivity index is 1.86. The summed E-state index contributed by atoms with van der Waals surface area (Å²) >= 11 is 0. The van der Waals surface area contributed by atoms with Gasteiger partial charge < -0.3 is 9.32 Å². The summed E-state index contributed by atoms with van der Waals surface area (Å²) in [6.45, 7) is 4.91. The number of amides is 1. The number of carbonyl (C=O) groups excluding carboxylic acids is 1. The maximum atomic E-state index is 14.3. The average Bonchev–Trinajstić information content (AvgIpc) is 3.22. The van der Waals surface area contributed by atoms with Crippen molar-refractivity contribution in [3.8, 4) is 0 Å². The molecular formula is C23H25F2N3O2. The molecule has 1 aromatic heterocycles. The Morgan fingerprint density at radius 3 is 2.53 bits per heavy atom. The van der Waals surface area contributed by atoms with E-state index in [1.54, 1.807) is 11.9 Å². The first-order chi connectivity index (χ1) is 14.4. The van der Waals surface area contributed by atoms with Crippen molar-refractivity contribution in [2.24, 2.45) is 0 Å². The highest BCUT2D eigenvalue weighted by Gasteiger charge is 2.22. The van der Waals surface area contributed by atoms with E-state index in [2.05, 4.69) is 4.98 Å². The molecule has 3 rings (SSSR count). The summed E-state index contributed by atoms with van der Waals surface area (Å²) in [5.41, 5.74) is 1.64. The summed E-state index contributed by atoms with van der Waals surface area (Å²) < 4.78 is 33.1. The molecule has 2 aromatic carbocycles. The van der Waals surface area contributed by atoms with E-state index in [-0.39, 0.29) is 30.7 Å². The van der Waals surface area contributed by atoms with Gasteiger partial charge in [-0.25, -0.2) is 13.8 Å². The number of hydrogen-bond acceptors (Lipinski definition) is 4. The molecular weight excluding hydrogens is 388 g/mol. The molecule has 158 valence electrons. The first-order valence-corrected chi connectivity index (χ1v) is 9.81. The van der Waals surface area contributed by atoms with Gasteiger partial charge in [-0.15, -0.1) is 0 Å². The minimum absolute atomic E-state index is 0.0972. The molecule has 0 spiro atoms. The molecule has 7 heteroatoms. The van der Waals surface area contributed by atoms with Crippen LogP contribution in [-0.2, 0) is 13.1 Å². The lowest BCUT2D eigenvalue weighted by molar-refractivity contribution is 0.0796. The van der Waals surface area contributed by atoms with Crippen molar-refractivity contribution in [1.29, 1.82) is 0 Å². The minimum Gasteiger partial charge on any atom is -0.447 e. The van der Waals surface area contributed by atoms with Gasteiger partial charge in [-0.3, -0.25) is 9.69 Å². The molecule has 1 heterocycles. The van der Waals surface area contributed by atoms with E-state index in [0.29, 0.717) is 18.0 Å². The van der Waals surface area contributed by atoms with E-state index in [9.17, 15) is 13.6 Å². The van der Waals surface area contributed by atoms with Gasteiger partial charge in [0.1, 0.15) is 17.9 Å². The Morgan fingerprint density at radius 2 is 1.87 bits per heavy atom. The number of carbonyl (C=O) groups is 1. The van der Waals surface area contributed by atoms with Crippen molar-refractivity contribution in [3.05, 3.63) is 89.1 Å². The molecule has 30 heavy (non-hydrogen) atoms. The van der Waals surface area contributed by atoms with Gasteiger partial charge in [0.2, 0.25) is 5.89 Å². The zero-order valence-electron chi connectivity index (χ0n) is 17.3. The van der Waals surface area contributed by atoms with E-state index in [4.69, 9.17) is 4.42 Å². The van der Waals surface area contributed by atoms with Crippen molar-refractivity contribution in [3.63, 3.8) is 0 Å². The topological polar surface area (TPSA) is 49.6 Å². The van der Waals surface area contributed by atoms with Crippen LogP contribution in [0.25, 0.3) is 0 Å². The highest BCUT2D eigenvalue weighted by molar-refractivity contribution is 5.91. The Bertz CT molecular complexity index is 991. The molecule has 0 saturated carbocycles. The van der Waals surface area contributed by atoms with Gasteiger partial charge in [-0.2, -0.15) is 0 Å². The summed E-state index contributed by atoms with van der Waals surface area (Å²) in [6, 6.07) is 13.2. The zero-order chi connectivity index (χ0) is 21.7. The molecule has 0 bridgehead atoms. The third kappa shape index (κ3) is 5.10. The van der Waals surface area contributed by atoms with E-state index in [1.165, 1.54) is 18.4 Å². The lowest BCUT2D eigenvalue weighted by Gasteiger charge is -2.28. The van der Waals surface area contributed by atoms with Crippen LogP contribution in [0.3, 0.4) is 0 Å². The number of benzene rings is 2. The molecule has 5 nitrogen and oxygen atoms in total. The Labute approximate surface area is 174 Å². The van der Waals surface area contributed by atoms with E-state index in [1.807, 2.05) is 49.1 Å². The number of rotatable bonds is 8. The highest BCUT2D eigenvalue weighted by Crippen LogP contribution is 2.25. The lowest BCUT2D eigenvalue weighted by atomic mass is 10.1. The van der Waals surface area contributed by atoms with Crippen LogP contribution in [0.1, 0.15) is 47.4 Å². The van der Waals surface area contributed by atoms with Gasteiger partial charge in [0, 0.05) is 37.8 Å². The molecule has 0 radical (unpaired) electrons. The quantitative estimate of drug-likeness (QED) is 0.532. The largest absolute Gasteiger partial charge is 0.447 e. The number of aromatic nitrogens is 1. The van der Waals surface area contributed by atoms with Gasteiger partial charge in [0.15, 0.2) is 5.69 Å². The maximum Gasteiger partial charge on any atom is 0.275 e. The second-order valence-corrected chi connectivity index (χ2v) is 7.17. The van der Waals surface area contributed by atoms with Crippen LogP contribution in [-0.4, -0.2) is 34.3 Å². The van der Waals surface area contributed by atoms with Crippen molar-refractivity contribution in [2.75, 3.05) is 13.6 Å². The van der Waals surface area contributed by atoms with Gasteiger partial charge in [-0.1, -0.05) is 36.4 Å². The van der Waals surface area contributed by atoms with Gasteiger partial charge in [0.25, 0.3) is 5.91 Å². The molecule has 0 aliphatic rings. The standard InChI is InChI=1S/C23H25F2N3O2/c1-4-27(3)23(29)21-15-30-22(26-21)14-28(16(2)17-8-6-5-7-9-17)13-18-10-11-19(24)12-20(18)25/h5-12,15-16H,4,13-14H2,1-3H3/t16-/m0/s1. The molecule has 3 aromatic rings. The van der Waals surface area contributed by atoms with Crippen molar-refractivity contribution >= 4 is 5.91 Å². The van der Waals surface area contributed by atoms with E-state index >= 15 is 0 Å². The predicted octanol–water partition coefficient (Wildman–Crippen LogP) is 4.81. The molecule has 0 saturated heterocycles. The smallest absolute Gasteiger partial charge is 0.275 e. The molecule has 0 unspecified atom stereocenters. The summed E-state index contributed by atoms with van der Waals surface area (Å²) in [7, 11) is 1.69. The fourth-order valence-electron chi connectivity index (χ4n) is 3.14. The van der Waals surface area contributed by atoms with Gasteiger partial charge in [0.05, 0.1) is 6.54 Å². The summed E-state index contributed by atoms with van der Waals surface area (Å²) in [6.07, 6.45) is 1.34. The Hall–Kier alpha value is -3.06. The van der Waals surface area contributed by atoms with Crippen molar-refractivity contribution in [1.82, 2.24) is 14.8 Å². The third-order valence-corrected chi connectivity index (χ3v) is 5.15. The maximum absolute atomic E-state index is 14.3. The van der Waals surface area contributed by atoms with Crippen LogP contribution in [0, 0.1) is 11.6 Å². The van der Waals surface area contributed by atoms with Crippen molar-refractivity contribution in [2.45, 2.75) is 33.0 Å². The highest BCUT2D eigenvalue weighted by atomic mass is 19.1. The summed E-state index contributed by atoms with van der Waals surface area (Å²) in [4.78, 5) is 20.1. The Morgan fingerprint density at radius 1 is 1.13 bits per heavy atom. The molecule has 0 N–H and O–H groups in total. The summed E-state index contributed by atoms with van der Waals surface area (Å²) in [5, 5.41) is 0. The van der Waals surface area contributed by atoms with E-state index < -0.39 is 11.6 Å². The molecule has 1 amide bonds. The fraction of sp³-hybridized carbons (Fsp3) is 0.304. The van der Waals surface area contributed by atoms with Gasteiger partial charge in [-0.05, 0) is 25.5 Å². The van der Waals surface area contributed by atoms with Gasteiger partial charge >= 0.3 is 0 Å². The predicted molar refractivity (Wildman–Crippen MR) is 110 cm³/mol.